The molecule has 0 aliphatic rings. The second-order valence-electron chi connectivity index (χ2n) is 15.7. The molecule has 0 saturated carbocycles. The normalized spacial score (nSPS) is 11.9. The molecule has 0 N–H and O–H groups in total. The van der Waals surface area contributed by atoms with E-state index < -0.39 is 0 Å². The number of hydrogen-bond donors (Lipinski definition) is 0. The highest BCUT2D eigenvalue weighted by molar-refractivity contribution is 6.32. The highest BCUT2D eigenvalue weighted by Crippen LogP contribution is 2.46. The van der Waals surface area contributed by atoms with Crippen molar-refractivity contribution in [1.82, 2.24) is 19.1 Å². The Morgan fingerprint density at radius 3 is 1.77 bits per heavy atom. The summed E-state index contributed by atoms with van der Waals surface area (Å²) in [5.41, 5.74) is 14.5. The second kappa shape index (κ2) is 13.1. The van der Waals surface area contributed by atoms with Gasteiger partial charge in [0, 0.05) is 43.6 Å². The Labute approximate surface area is 350 Å². The van der Waals surface area contributed by atoms with Crippen LogP contribution in [-0.4, -0.2) is 19.1 Å². The van der Waals surface area contributed by atoms with Gasteiger partial charge in [0.05, 0.1) is 38.7 Å². The van der Waals surface area contributed by atoms with Crippen molar-refractivity contribution in [2.45, 2.75) is 0 Å². The Balaban J connectivity index is 1.15. The Kier molecular flexibility index (Phi) is 7.24. The van der Waals surface area contributed by atoms with E-state index in [1.54, 1.807) is 0 Å². The number of hydrogen-bond acceptors (Lipinski definition) is 3. The first-order chi connectivity index (χ1) is 30.3. The summed E-state index contributed by atoms with van der Waals surface area (Å²) < 4.78 is 11.6. The van der Waals surface area contributed by atoms with Gasteiger partial charge in [-0.25, -0.2) is 9.97 Å². The second-order valence-corrected chi connectivity index (χ2v) is 15.7. The molecule has 0 fully saturated rings. The maximum Gasteiger partial charge on any atom is 0.235 e. The number of furan rings is 1. The predicted octanol–water partition coefficient (Wildman–Crippen LogP) is 14.7. The molecule has 0 amide bonds. The van der Waals surface area contributed by atoms with Gasteiger partial charge in [-0.15, -0.1) is 0 Å². The molecular weight excluding hydrogens is 745 g/mol. The molecule has 13 aromatic rings. The number of para-hydroxylation sites is 3. The van der Waals surface area contributed by atoms with Gasteiger partial charge in [-0.1, -0.05) is 158 Å². The van der Waals surface area contributed by atoms with E-state index in [0.29, 0.717) is 5.95 Å². The van der Waals surface area contributed by atoms with Crippen molar-refractivity contribution in [3.8, 4) is 45.1 Å². The van der Waals surface area contributed by atoms with Crippen molar-refractivity contribution in [3.05, 3.63) is 206 Å². The summed E-state index contributed by atoms with van der Waals surface area (Å²) >= 11 is 0. The summed E-state index contributed by atoms with van der Waals surface area (Å²) in [6, 6.07) is 73.0. The number of benzene rings is 9. The average molecular weight is 779 g/mol. The molecule has 4 heterocycles. The van der Waals surface area contributed by atoms with E-state index in [9.17, 15) is 0 Å². The molecule has 5 heteroatoms. The minimum Gasteiger partial charge on any atom is -0.455 e. The summed E-state index contributed by atoms with van der Waals surface area (Å²) in [6.45, 7) is 0. The van der Waals surface area contributed by atoms with E-state index in [-0.39, 0.29) is 0 Å². The number of fused-ring (bicyclic) bond motifs is 12. The third kappa shape index (κ3) is 5.08. The molecule has 0 spiro atoms. The fourth-order valence-corrected chi connectivity index (χ4v) is 9.59. The third-order valence-corrected chi connectivity index (χ3v) is 12.3. The lowest BCUT2D eigenvalue weighted by Crippen LogP contribution is -2.03. The summed E-state index contributed by atoms with van der Waals surface area (Å²) in [6.07, 6.45) is 0. The highest BCUT2D eigenvalue weighted by Gasteiger charge is 2.26. The number of aromatic nitrogens is 4. The molecule has 9 aromatic carbocycles. The van der Waals surface area contributed by atoms with Crippen molar-refractivity contribution in [3.63, 3.8) is 0 Å². The molecule has 4 aromatic heterocycles. The minimum absolute atomic E-state index is 0.601. The zero-order valence-electron chi connectivity index (χ0n) is 32.8. The lowest BCUT2D eigenvalue weighted by atomic mass is 10.0. The van der Waals surface area contributed by atoms with Crippen LogP contribution < -0.4 is 0 Å². The summed E-state index contributed by atoms with van der Waals surface area (Å²) in [4.78, 5) is 10.9. The van der Waals surface area contributed by atoms with Gasteiger partial charge in [0.2, 0.25) is 5.95 Å². The monoisotopic (exact) mass is 778 g/mol. The van der Waals surface area contributed by atoms with E-state index in [4.69, 9.17) is 14.4 Å². The van der Waals surface area contributed by atoms with E-state index >= 15 is 0 Å². The number of nitrogens with zero attached hydrogens (tertiary/aromatic N) is 4. The topological polar surface area (TPSA) is 48.8 Å². The first-order valence-electron chi connectivity index (χ1n) is 20.7. The lowest BCUT2D eigenvalue weighted by molar-refractivity contribution is 0.673. The average Bonchev–Trinajstić information content (AvgIpc) is 4.00. The van der Waals surface area contributed by atoms with Crippen LogP contribution in [0.1, 0.15) is 0 Å². The molecule has 5 nitrogen and oxygen atoms in total. The quantitative estimate of drug-likeness (QED) is 0.175. The van der Waals surface area contributed by atoms with Gasteiger partial charge in [0.15, 0.2) is 0 Å². The number of rotatable bonds is 5. The molecule has 0 aliphatic heterocycles. The van der Waals surface area contributed by atoms with E-state index in [1.807, 2.05) is 12.1 Å². The lowest BCUT2D eigenvalue weighted by Gasteiger charge is -2.13. The molecule has 0 unspecified atom stereocenters. The van der Waals surface area contributed by atoms with Crippen LogP contribution in [0.2, 0.25) is 0 Å². The van der Waals surface area contributed by atoms with Crippen LogP contribution in [0, 0.1) is 0 Å². The van der Waals surface area contributed by atoms with Crippen LogP contribution in [0.25, 0.3) is 122 Å². The molecule has 0 saturated heterocycles. The maximum atomic E-state index is 6.92. The van der Waals surface area contributed by atoms with E-state index in [2.05, 4.69) is 203 Å². The zero-order valence-corrected chi connectivity index (χ0v) is 32.8. The first kappa shape index (κ1) is 33.7. The molecule has 0 aliphatic carbocycles. The molecule has 284 valence electrons. The molecule has 0 radical (unpaired) electrons. The molecule has 61 heavy (non-hydrogen) atoms. The van der Waals surface area contributed by atoms with Crippen LogP contribution in [0.15, 0.2) is 211 Å². The zero-order chi connectivity index (χ0) is 40.0. The van der Waals surface area contributed by atoms with Crippen molar-refractivity contribution >= 4 is 76.5 Å². The Bertz CT molecular complexity index is 3860. The van der Waals surface area contributed by atoms with Crippen LogP contribution in [0.4, 0.5) is 0 Å². The Morgan fingerprint density at radius 1 is 0.361 bits per heavy atom. The van der Waals surface area contributed by atoms with Crippen molar-refractivity contribution in [2.75, 3.05) is 0 Å². The van der Waals surface area contributed by atoms with Crippen LogP contribution in [-0.2, 0) is 0 Å². The summed E-state index contributed by atoms with van der Waals surface area (Å²) in [7, 11) is 0. The predicted molar refractivity (Wildman–Crippen MR) is 252 cm³/mol. The van der Waals surface area contributed by atoms with Gasteiger partial charge in [0.25, 0.3) is 0 Å². The largest absolute Gasteiger partial charge is 0.455 e. The van der Waals surface area contributed by atoms with Gasteiger partial charge in [-0.3, -0.25) is 4.57 Å². The highest BCUT2D eigenvalue weighted by atomic mass is 16.3. The fourth-order valence-electron chi connectivity index (χ4n) is 9.59. The molecule has 0 bridgehead atoms. The van der Waals surface area contributed by atoms with Crippen LogP contribution in [0.3, 0.4) is 0 Å². The molecule has 13 rings (SSSR count). The molecule has 0 atom stereocenters. The van der Waals surface area contributed by atoms with Gasteiger partial charge < -0.3 is 8.98 Å². The van der Waals surface area contributed by atoms with Gasteiger partial charge in [-0.05, 0) is 70.8 Å². The minimum atomic E-state index is 0.601. The summed E-state index contributed by atoms with van der Waals surface area (Å²) in [5.74, 6) is 0.601. The third-order valence-electron chi connectivity index (χ3n) is 12.3. The van der Waals surface area contributed by atoms with Crippen LogP contribution in [0.5, 0.6) is 0 Å². The van der Waals surface area contributed by atoms with Crippen molar-refractivity contribution < 1.29 is 4.42 Å². The van der Waals surface area contributed by atoms with Crippen LogP contribution >= 0.6 is 0 Å². The van der Waals surface area contributed by atoms with Gasteiger partial charge in [-0.2, -0.15) is 0 Å². The SMILES string of the molecule is c1ccc(-c2ccc(-c3nc(-n4c5ccc6c7ccccc7oc6c5c5c4ccc4c6ccccc6n(-c6cccc(-c7ccccc7)c6)c45)nc4ccccc34)cc2)cc1. The van der Waals surface area contributed by atoms with Crippen molar-refractivity contribution in [2.24, 2.45) is 0 Å². The summed E-state index contributed by atoms with van der Waals surface area (Å²) in [5, 5.41) is 7.63. The standard InChI is InChI=1S/C56H34N4O/c1-3-14-35(15-4-1)37-26-28-38(29-27-37)53-45-22-7-10-23-46(45)57-56(58-53)60-48-32-30-43-41-20-8-11-24-47(41)59(40-19-13-18-39(34-40)36-16-5-2-6-17-36)54(43)51(48)52-49(60)33-31-44-42-21-9-12-25-50(42)61-55(44)52/h1-34H. The van der Waals surface area contributed by atoms with Gasteiger partial charge >= 0.3 is 0 Å². The Morgan fingerprint density at radius 2 is 0.967 bits per heavy atom. The van der Waals surface area contributed by atoms with E-state index in [1.165, 1.54) is 21.9 Å². The molecular formula is C56H34N4O. The Hall–Kier alpha value is -8.28. The smallest absolute Gasteiger partial charge is 0.235 e. The van der Waals surface area contributed by atoms with E-state index in [0.717, 1.165) is 93.8 Å². The van der Waals surface area contributed by atoms with Gasteiger partial charge in [0.1, 0.15) is 11.2 Å². The first-order valence-corrected chi connectivity index (χ1v) is 20.7. The van der Waals surface area contributed by atoms with Crippen molar-refractivity contribution in [1.29, 1.82) is 0 Å². The maximum absolute atomic E-state index is 6.92. The fraction of sp³-hybridized carbons (Fsp3) is 0.